The van der Waals surface area contributed by atoms with Gasteiger partial charge in [0.25, 0.3) is 0 Å². The number of aliphatic carboxylic acids is 1. The number of methoxy groups -OCH3 is 1. The average molecular weight is 461 g/mol. The van der Waals surface area contributed by atoms with E-state index in [1.54, 1.807) is 23.9 Å². The number of pyridine rings is 2. The van der Waals surface area contributed by atoms with Gasteiger partial charge in [-0.15, -0.1) is 0 Å². The molecule has 0 aliphatic carbocycles. The predicted octanol–water partition coefficient (Wildman–Crippen LogP) is 4.76. The van der Waals surface area contributed by atoms with Gasteiger partial charge >= 0.3 is 5.97 Å². The molecule has 0 aliphatic heterocycles. The lowest BCUT2D eigenvalue weighted by Crippen LogP contribution is -2.13. The van der Waals surface area contributed by atoms with Crippen molar-refractivity contribution in [1.82, 2.24) is 19.5 Å². The molecule has 34 heavy (non-hydrogen) atoms. The molecule has 7 nitrogen and oxygen atoms in total. The van der Waals surface area contributed by atoms with Gasteiger partial charge in [-0.25, -0.2) is 19.3 Å². The minimum atomic E-state index is -0.987. The van der Waals surface area contributed by atoms with Gasteiger partial charge in [-0.05, 0) is 60.9 Å². The summed E-state index contributed by atoms with van der Waals surface area (Å²) < 4.78 is 21.0. The second-order valence-electron chi connectivity index (χ2n) is 7.97. The lowest BCUT2D eigenvalue weighted by Gasteiger charge is -2.16. The molecule has 8 heteroatoms. The Bertz CT molecular complexity index is 1350. The third kappa shape index (κ3) is 5.28. The molecule has 174 valence electrons. The zero-order valence-electron chi connectivity index (χ0n) is 19.0. The van der Waals surface area contributed by atoms with Crippen molar-refractivity contribution in [2.75, 3.05) is 7.11 Å². The highest BCUT2D eigenvalue weighted by Gasteiger charge is 2.23. The Balaban J connectivity index is 1.49. The highest BCUT2D eigenvalue weighted by atomic mass is 19.1. The number of allylic oxidation sites excluding steroid dienone is 1. The SMILES string of the molecule is COc1ccc(C(CC(=O)O)c2nc(/C=C/CCc3ccc4cccnc4n3)cn2C)cc1F. The largest absolute Gasteiger partial charge is 0.494 e. The third-order valence-corrected chi connectivity index (χ3v) is 5.58. The maximum absolute atomic E-state index is 14.3. The van der Waals surface area contributed by atoms with Crippen LogP contribution in [0.4, 0.5) is 4.39 Å². The van der Waals surface area contributed by atoms with Gasteiger partial charge < -0.3 is 14.4 Å². The summed E-state index contributed by atoms with van der Waals surface area (Å²) in [6.07, 6.45) is 8.79. The first-order chi connectivity index (χ1) is 16.4. The maximum atomic E-state index is 14.3. The van der Waals surface area contributed by atoms with E-state index in [2.05, 4.69) is 15.0 Å². The predicted molar refractivity (Wildman–Crippen MR) is 127 cm³/mol. The Morgan fingerprint density at radius 1 is 1.24 bits per heavy atom. The number of carbonyl (C=O) groups is 1. The average Bonchev–Trinajstić information content (AvgIpc) is 3.20. The van der Waals surface area contributed by atoms with Crippen LogP contribution in [0.3, 0.4) is 0 Å². The number of carboxylic acids is 1. The lowest BCUT2D eigenvalue weighted by atomic mass is 9.94. The molecule has 3 heterocycles. The molecule has 0 saturated carbocycles. The molecular formula is C26H25FN4O3. The van der Waals surface area contributed by atoms with Crippen LogP contribution >= 0.6 is 0 Å². The topological polar surface area (TPSA) is 90.1 Å². The molecule has 0 fully saturated rings. The van der Waals surface area contributed by atoms with Crippen LogP contribution in [0.1, 0.15) is 41.5 Å². The molecule has 0 saturated heterocycles. The molecule has 1 aromatic carbocycles. The summed E-state index contributed by atoms with van der Waals surface area (Å²) >= 11 is 0. The summed E-state index contributed by atoms with van der Waals surface area (Å²) in [6, 6.07) is 12.4. The molecular weight excluding hydrogens is 435 g/mol. The Labute approximate surface area is 196 Å². The number of aromatic nitrogens is 4. The number of imidazole rings is 1. The Morgan fingerprint density at radius 2 is 2.09 bits per heavy atom. The molecule has 1 unspecified atom stereocenters. The van der Waals surface area contributed by atoms with Crippen LogP contribution < -0.4 is 4.74 Å². The number of ether oxygens (including phenoxy) is 1. The Morgan fingerprint density at radius 3 is 2.85 bits per heavy atom. The van der Waals surface area contributed by atoms with Crippen molar-refractivity contribution in [3.05, 3.63) is 89.5 Å². The van der Waals surface area contributed by atoms with Gasteiger partial charge in [0.15, 0.2) is 17.2 Å². The van der Waals surface area contributed by atoms with Crippen molar-refractivity contribution in [2.45, 2.75) is 25.2 Å². The number of hydrogen-bond acceptors (Lipinski definition) is 5. The van der Waals surface area contributed by atoms with Crippen LogP contribution in [0, 0.1) is 5.82 Å². The van der Waals surface area contributed by atoms with Crippen LogP contribution in [-0.4, -0.2) is 37.7 Å². The first kappa shape index (κ1) is 23.1. The minimum absolute atomic E-state index is 0.109. The fraction of sp³-hybridized carbons (Fsp3) is 0.231. The number of hydrogen-bond donors (Lipinski definition) is 1. The summed E-state index contributed by atoms with van der Waals surface area (Å²) in [5.74, 6) is -1.47. The van der Waals surface area contributed by atoms with Gasteiger partial charge in [-0.2, -0.15) is 0 Å². The zero-order valence-corrected chi connectivity index (χ0v) is 19.0. The normalized spacial score (nSPS) is 12.3. The number of halogens is 1. The van der Waals surface area contributed by atoms with Crippen molar-refractivity contribution >= 4 is 23.1 Å². The fourth-order valence-corrected chi connectivity index (χ4v) is 3.91. The van der Waals surface area contributed by atoms with E-state index in [0.717, 1.165) is 29.6 Å². The van der Waals surface area contributed by atoms with E-state index in [1.165, 1.54) is 19.2 Å². The quantitative estimate of drug-likeness (QED) is 0.387. The molecule has 3 aromatic heterocycles. The molecule has 1 atom stereocenters. The van der Waals surface area contributed by atoms with E-state index < -0.39 is 17.7 Å². The maximum Gasteiger partial charge on any atom is 0.304 e. The summed E-state index contributed by atoms with van der Waals surface area (Å²) in [4.78, 5) is 25.0. The summed E-state index contributed by atoms with van der Waals surface area (Å²) in [7, 11) is 3.19. The standard InChI is InChI=1S/C26H25FN4O3/c1-31-16-20(8-4-3-7-19-11-9-17-6-5-13-28-25(17)29-19)30-26(31)21(15-24(32)33)18-10-12-23(34-2)22(27)14-18/h4-6,8-14,16,21H,3,7,15H2,1-2H3,(H,32,33)/b8-4+. The number of aryl methyl sites for hydroxylation is 2. The van der Waals surface area contributed by atoms with Gasteiger partial charge in [0.1, 0.15) is 5.82 Å². The second-order valence-corrected chi connectivity index (χ2v) is 7.97. The molecule has 4 aromatic rings. The number of carboxylic acid groups (broad SMARTS) is 1. The van der Waals surface area contributed by atoms with E-state index >= 15 is 0 Å². The van der Waals surface area contributed by atoms with Crippen LogP contribution in [0.15, 0.2) is 60.9 Å². The summed E-state index contributed by atoms with van der Waals surface area (Å²) in [5, 5.41) is 10.5. The number of rotatable bonds is 9. The minimum Gasteiger partial charge on any atom is -0.494 e. The van der Waals surface area contributed by atoms with E-state index in [4.69, 9.17) is 4.74 Å². The molecule has 0 spiro atoms. The Kier molecular flexibility index (Phi) is 6.96. The van der Waals surface area contributed by atoms with Crippen LogP contribution in [-0.2, 0) is 18.3 Å². The van der Waals surface area contributed by atoms with E-state index in [-0.39, 0.29) is 12.2 Å². The molecule has 4 rings (SSSR count). The highest BCUT2D eigenvalue weighted by molar-refractivity contribution is 5.74. The van der Waals surface area contributed by atoms with Crippen LogP contribution in [0.5, 0.6) is 5.75 Å². The van der Waals surface area contributed by atoms with Crippen LogP contribution in [0.2, 0.25) is 0 Å². The van der Waals surface area contributed by atoms with Crippen molar-refractivity contribution in [1.29, 1.82) is 0 Å². The van der Waals surface area contributed by atoms with E-state index in [0.29, 0.717) is 17.1 Å². The summed E-state index contributed by atoms with van der Waals surface area (Å²) in [5.41, 5.74) is 2.93. The number of benzene rings is 1. The first-order valence-electron chi connectivity index (χ1n) is 10.9. The van der Waals surface area contributed by atoms with Crippen molar-refractivity contribution in [3.63, 3.8) is 0 Å². The van der Waals surface area contributed by atoms with Gasteiger partial charge in [-0.3, -0.25) is 4.79 Å². The first-order valence-corrected chi connectivity index (χ1v) is 10.9. The van der Waals surface area contributed by atoms with Gasteiger partial charge in [0, 0.05) is 30.5 Å². The zero-order chi connectivity index (χ0) is 24.1. The molecule has 0 amide bonds. The van der Waals surface area contributed by atoms with E-state index in [1.807, 2.05) is 42.6 Å². The highest BCUT2D eigenvalue weighted by Crippen LogP contribution is 2.30. The fourth-order valence-electron chi connectivity index (χ4n) is 3.91. The van der Waals surface area contributed by atoms with Gasteiger partial charge in [0.2, 0.25) is 0 Å². The molecule has 0 bridgehead atoms. The Hall–Kier alpha value is -4.07. The molecule has 1 N–H and O–H groups in total. The monoisotopic (exact) mass is 460 g/mol. The smallest absolute Gasteiger partial charge is 0.304 e. The van der Waals surface area contributed by atoms with Crippen molar-refractivity contribution in [3.8, 4) is 5.75 Å². The lowest BCUT2D eigenvalue weighted by molar-refractivity contribution is -0.137. The third-order valence-electron chi connectivity index (χ3n) is 5.58. The second kappa shape index (κ2) is 10.2. The van der Waals surface area contributed by atoms with Crippen molar-refractivity contribution in [2.24, 2.45) is 7.05 Å². The summed E-state index contributed by atoms with van der Waals surface area (Å²) in [6.45, 7) is 0. The van der Waals surface area contributed by atoms with Crippen molar-refractivity contribution < 1.29 is 19.0 Å². The van der Waals surface area contributed by atoms with Gasteiger partial charge in [0.05, 0.1) is 25.1 Å². The number of nitrogens with zero attached hydrogens (tertiary/aromatic N) is 4. The van der Waals surface area contributed by atoms with Crippen LogP contribution in [0.25, 0.3) is 17.1 Å². The molecule has 0 aliphatic rings. The number of fused-ring (bicyclic) bond motifs is 1. The van der Waals surface area contributed by atoms with Gasteiger partial charge in [-0.1, -0.05) is 12.1 Å². The molecule has 0 radical (unpaired) electrons. The van der Waals surface area contributed by atoms with E-state index in [9.17, 15) is 14.3 Å².